The van der Waals surface area contributed by atoms with Crippen LogP contribution in [0, 0.1) is 30.6 Å². The van der Waals surface area contributed by atoms with Crippen LogP contribution in [0.5, 0.6) is 11.5 Å². The van der Waals surface area contributed by atoms with Crippen LogP contribution in [-0.4, -0.2) is 81.9 Å². The van der Waals surface area contributed by atoms with Crippen LogP contribution in [0.3, 0.4) is 0 Å². The van der Waals surface area contributed by atoms with Crippen molar-refractivity contribution in [2.75, 3.05) is 12.4 Å². The molecule has 5 bridgehead atoms. The first-order chi connectivity index (χ1) is 27.2. The van der Waals surface area contributed by atoms with Gasteiger partial charge in [0.1, 0.15) is 29.0 Å². The van der Waals surface area contributed by atoms with Gasteiger partial charge in [-0.15, -0.1) is 0 Å². The van der Waals surface area contributed by atoms with Gasteiger partial charge in [-0.25, -0.2) is 0 Å². The number of aliphatic hydroxyl groups excluding tert-OH is 2. The molecule has 310 valence electrons. The summed E-state index contributed by atoms with van der Waals surface area (Å²) < 4.78 is 24.2. The van der Waals surface area contributed by atoms with E-state index in [0.717, 1.165) is 10.7 Å². The van der Waals surface area contributed by atoms with Crippen molar-refractivity contribution in [3.8, 4) is 11.5 Å². The number of ketones is 3. The molecule has 5 N–H and O–H groups in total. The molecule has 9 atom stereocenters. The van der Waals surface area contributed by atoms with E-state index in [1.54, 1.807) is 64.1 Å². The molecule has 4 aliphatic rings. The van der Waals surface area contributed by atoms with Crippen molar-refractivity contribution < 1.29 is 58.2 Å². The molecule has 1 aliphatic carbocycles. The van der Waals surface area contributed by atoms with E-state index >= 15 is 0 Å². The molecule has 0 radical (unpaired) electrons. The summed E-state index contributed by atoms with van der Waals surface area (Å²) in [6.07, 6.45) is 3.32. The number of hydrogen-bond donors (Lipinski definition) is 5. The zero-order valence-electron chi connectivity index (χ0n) is 33.7. The van der Waals surface area contributed by atoms with Crippen molar-refractivity contribution >= 4 is 50.8 Å². The van der Waals surface area contributed by atoms with Crippen molar-refractivity contribution in [2.24, 2.45) is 23.7 Å². The number of fused-ring (bicyclic) bond motifs is 14. The van der Waals surface area contributed by atoms with Gasteiger partial charge in [-0.2, -0.15) is 0 Å². The first-order valence-corrected chi connectivity index (χ1v) is 19.6. The summed E-state index contributed by atoms with van der Waals surface area (Å²) >= 11 is 3.37. The van der Waals surface area contributed by atoms with Gasteiger partial charge in [0, 0.05) is 65.9 Å². The second-order valence-electron chi connectivity index (χ2n) is 15.2. The van der Waals surface area contributed by atoms with E-state index in [0.29, 0.717) is 5.69 Å². The van der Waals surface area contributed by atoms with E-state index in [1.165, 1.54) is 47.0 Å². The average molecular weight is 866 g/mol. The van der Waals surface area contributed by atoms with Crippen LogP contribution in [0.4, 0.5) is 5.69 Å². The highest BCUT2D eigenvalue weighted by Crippen LogP contribution is 2.48. The summed E-state index contributed by atoms with van der Waals surface area (Å²) in [4.78, 5) is 69.4. The molecule has 0 saturated carbocycles. The number of carbonyl (C=O) groups is 5. The van der Waals surface area contributed by atoms with Gasteiger partial charge in [0.15, 0.2) is 0 Å². The summed E-state index contributed by atoms with van der Waals surface area (Å²) in [5, 5.41) is 39.8. The van der Waals surface area contributed by atoms with Crippen molar-refractivity contribution in [3.63, 3.8) is 0 Å². The number of ether oxygens (including phenoxy) is 4. The van der Waals surface area contributed by atoms with Gasteiger partial charge in [0.2, 0.25) is 11.6 Å². The number of nitrogens with one attached hydrogen (secondary N) is 2. The number of esters is 1. The maximum absolute atomic E-state index is 14.6. The molecule has 0 fully saturated rings. The molecule has 1 amide bonds. The van der Waals surface area contributed by atoms with Gasteiger partial charge in [-0.05, 0) is 44.2 Å². The lowest BCUT2D eigenvalue weighted by atomic mass is 9.78. The number of carbonyl (C=O) groups excluding carboxylic acids is 5. The van der Waals surface area contributed by atoms with Crippen molar-refractivity contribution in [3.05, 3.63) is 98.5 Å². The lowest BCUT2D eigenvalue weighted by Gasteiger charge is -2.38. The fourth-order valence-corrected chi connectivity index (χ4v) is 7.75. The zero-order chi connectivity index (χ0) is 43.0. The Kier molecular flexibility index (Phi) is 13.2. The molecular weight excluding hydrogens is 816 g/mol. The third-order valence-electron chi connectivity index (χ3n) is 11.1. The largest absolute Gasteiger partial charge is 0.507 e. The summed E-state index contributed by atoms with van der Waals surface area (Å²) in [7, 11) is 1.42. The normalized spacial score (nSPS) is 31.4. The molecule has 14 nitrogen and oxygen atoms in total. The Morgan fingerprint density at radius 1 is 0.914 bits per heavy atom. The van der Waals surface area contributed by atoms with E-state index in [4.69, 9.17) is 18.9 Å². The zero-order valence-corrected chi connectivity index (χ0v) is 35.3. The highest BCUT2D eigenvalue weighted by molar-refractivity contribution is 9.10. The Morgan fingerprint density at radius 3 is 2.19 bits per heavy atom. The number of aromatic hydroxyl groups is 1. The first kappa shape index (κ1) is 44.0. The smallest absolute Gasteiger partial charge is 0.312 e. The van der Waals surface area contributed by atoms with Crippen LogP contribution >= 0.6 is 15.9 Å². The highest BCUT2D eigenvalue weighted by atomic mass is 79.9. The Hall–Kier alpha value is -5.09. The van der Waals surface area contributed by atoms with E-state index in [-0.39, 0.29) is 28.1 Å². The molecule has 3 aliphatic heterocycles. The van der Waals surface area contributed by atoms with Crippen LogP contribution in [0.1, 0.15) is 85.1 Å². The second-order valence-corrected chi connectivity index (χ2v) is 16.1. The Bertz CT molecular complexity index is 2140. The minimum Gasteiger partial charge on any atom is -0.507 e. The maximum Gasteiger partial charge on any atom is 0.312 e. The number of aliphatic hydroxyl groups is 2. The number of hydrogen-bond acceptors (Lipinski definition) is 13. The van der Waals surface area contributed by atoms with Crippen molar-refractivity contribution in [1.82, 2.24) is 5.32 Å². The third kappa shape index (κ3) is 8.39. The predicted octanol–water partition coefficient (Wildman–Crippen LogP) is 5.83. The molecular formula is C43H49BrN2O12. The highest BCUT2D eigenvalue weighted by Gasteiger charge is 2.53. The van der Waals surface area contributed by atoms with Crippen molar-refractivity contribution in [2.45, 2.75) is 85.6 Å². The van der Waals surface area contributed by atoms with Crippen LogP contribution in [-0.2, 0) is 23.8 Å². The molecule has 6 rings (SSSR count). The van der Waals surface area contributed by atoms with Gasteiger partial charge >= 0.3 is 11.8 Å². The Morgan fingerprint density at radius 2 is 1.57 bits per heavy atom. The maximum atomic E-state index is 14.6. The standard InChI is InChI=1S/C43H49BrN2O12/c1-19-11-10-12-20(2)42(54)46-33-32(45-27-15-13-26(44)14-16-27)37(51)29-30(38(33)52)36(50)24(6)40-31(29)41(53)43(8,58-40)56-18-17-28(55-9)21(3)39(57-25(7)47)23(5)35(49)22(4)34(19)48/h10-19,21-23,28,34-35,39,45,48-50H,1-9H3,(H,46,54)/b11-10+,18-17+,20-12-. The minimum atomic E-state index is -2.10. The Labute approximate surface area is 345 Å². The van der Waals surface area contributed by atoms with Gasteiger partial charge < -0.3 is 44.9 Å². The lowest BCUT2D eigenvalue weighted by molar-refractivity contribution is -0.160. The number of Topliss-reactive ketones (excluding diaryl/α,β-unsaturated/α-hetero) is 3. The van der Waals surface area contributed by atoms with Gasteiger partial charge in [0.25, 0.3) is 11.7 Å². The number of allylic oxidation sites excluding steroid dienone is 4. The number of anilines is 1. The molecule has 0 spiro atoms. The van der Waals surface area contributed by atoms with E-state index in [9.17, 15) is 39.3 Å². The van der Waals surface area contributed by atoms with Crippen molar-refractivity contribution in [1.29, 1.82) is 0 Å². The number of rotatable bonds is 4. The van der Waals surface area contributed by atoms with E-state index in [2.05, 4.69) is 26.6 Å². The molecule has 2 aromatic rings. The quantitative estimate of drug-likeness (QED) is 0.230. The summed E-state index contributed by atoms with van der Waals surface area (Å²) in [5.74, 6) is -9.47. The average Bonchev–Trinajstić information content (AvgIpc) is 3.45. The fourth-order valence-electron chi connectivity index (χ4n) is 7.49. The lowest BCUT2D eigenvalue weighted by Crippen LogP contribution is -2.46. The first-order valence-electron chi connectivity index (χ1n) is 18.8. The number of halogens is 1. The number of phenols is 1. The van der Waals surface area contributed by atoms with Gasteiger partial charge in [-0.3, -0.25) is 24.0 Å². The van der Waals surface area contributed by atoms with E-state index in [1.807, 2.05) is 0 Å². The van der Waals surface area contributed by atoms with Crippen LogP contribution in [0.2, 0.25) is 0 Å². The molecule has 0 aromatic heterocycles. The fraction of sp³-hybridized carbons (Fsp3) is 0.419. The molecule has 2 aromatic carbocycles. The molecule has 58 heavy (non-hydrogen) atoms. The third-order valence-corrected chi connectivity index (χ3v) is 11.6. The van der Waals surface area contributed by atoms with Crippen LogP contribution in [0.15, 0.2) is 76.3 Å². The van der Waals surface area contributed by atoms with Gasteiger partial charge in [-0.1, -0.05) is 61.9 Å². The molecule has 15 heteroatoms. The summed E-state index contributed by atoms with van der Waals surface area (Å²) in [6, 6.07) is 6.64. The molecule has 3 heterocycles. The molecule has 9 unspecified atom stereocenters. The number of benzene rings is 2. The predicted molar refractivity (Wildman–Crippen MR) is 216 cm³/mol. The number of amides is 1. The number of methoxy groups -OCH3 is 1. The monoisotopic (exact) mass is 864 g/mol. The minimum absolute atomic E-state index is 0.0213. The second kappa shape index (κ2) is 17.4. The SMILES string of the molecule is COC1/C=C/OC2(C)Oc3c(C)c(O)c4c(c3C2=O)C(=O)C(Nc2ccc(Br)cc2)=C(NC(=O)/C(C)=C\C=C\C(C)C(O)C(C)C(O)C(C)C(OC(C)=O)C1C)C4=O. The number of phenolic OH excluding ortho intramolecular Hbond substituents is 1. The van der Waals surface area contributed by atoms with E-state index < -0.39 is 106 Å². The summed E-state index contributed by atoms with van der Waals surface area (Å²) in [5.41, 5.74) is -1.60. The molecule has 0 saturated heterocycles. The topological polar surface area (TPSA) is 207 Å². The van der Waals surface area contributed by atoms with Gasteiger partial charge in [0.05, 0.1) is 41.3 Å². The Balaban J connectivity index is 1.68. The summed E-state index contributed by atoms with van der Waals surface area (Å²) in [6.45, 7) is 12.3. The van der Waals surface area contributed by atoms with Crippen LogP contribution in [0.25, 0.3) is 0 Å². The van der Waals surface area contributed by atoms with Crippen LogP contribution < -0.4 is 15.4 Å².